The lowest BCUT2D eigenvalue weighted by Gasteiger charge is -2.01. The van der Waals surface area contributed by atoms with Crippen LogP contribution in [0.25, 0.3) is 53.0 Å². The van der Waals surface area contributed by atoms with Gasteiger partial charge in [-0.25, -0.2) is 4.98 Å². The highest BCUT2D eigenvalue weighted by Gasteiger charge is 2.13. The molecule has 0 saturated carbocycles. The molecule has 0 aliphatic heterocycles. The zero-order valence-electron chi connectivity index (χ0n) is 12.7. The van der Waals surface area contributed by atoms with Crippen LogP contribution in [0, 0.1) is 0 Å². The van der Waals surface area contributed by atoms with Gasteiger partial charge in [-0.15, -0.1) is 11.3 Å². The van der Waals surface area contributed by atoms with Crippen LogP contribution in [0.3, 0.4) is 0 Å². The number of nitrogens with one attached hydrogen (secondary N) is 1. The van der Waals surface area contributed by atoms with Gasteiger partial charge in [0.1, 0.15) is 0 Å². The van der Waals surface area contributed by atoms with Crippen LogP contribution in [0.1, 0.15) is 0 Å². The van der Waals surface area contributed by atoms with Crippen LogP contribution in [-0.4, -0.2) is 9.97 Å². The third-order valence-electron chi connectivity index (χ3n) is 4.77. The van der Waals surface area contributed by atoms with Crippen LogP contribution in [0.4, 0.5) is 0 Å². The fourth-order valence-corrected chi connectivity index (χ4v) is 4.89. The molecule has 3 aromatic carbocycles. The van der Waals surface area contributed by atoms with E-state index in [1.807, 2.05) is 17.4 Å². The van der Waals surface area contributed by atoms with Crippen LogP contribution in [0.2, 0.25) is 0 Å². The Kier molecular flexibility index (Phi) is 2.26. The van der Waals surface area contributed by atoms with Gasteiger partial charge in [-0.1, -0.05) is 36.4 Å². The predicted octanol–water partition coefficient (Wildman–Crippen LogP) is 6.24. The molecular formula is C21H12N2S. The molecule has 0 spiro atoms. The van der Waals surface area contributed by atoms with Crippen LogP contribution in [-0.2, 0) is 0 Å². The van der Waals surface area contributed by atoms with Gasteiger partial charge in [0.15, 0.2) is 0 Å². The van der Waals surface area contributed by atoms with Crippen molar-refractivity contribution >= 4 is 64.3 Å². The van der Waals surface area contributed by atoms with Crippen molar-refractivity contribution in [3.05, 3.63) is 66.7 Å². The first kappa shape index (κ1) is 12.5. The van der Waals surface area contributed by atoms with E-state index in [0.29, 0.717) is 0 Å². The Hall–Kier alpha value is -2.91. The minimum Gasteiger partial charge on any atom is -0.353 e. The smallest absolute Gasteiger partial charge is 0.0951 e. The van der Waals surface area contributed by atoms with E-state index in [-0.39, 0.29) is 0 Å². The molecular weight excluding hydrogens is 312 g/mol. The largest absolute Gasteiger partial charge is 0.353 e. The molecule has 6 aromatic rings. The second-order valence-electron chi connectivity index (χ2n) is 6.16. The lowest BCUT2D eigenvalue weighted by Crippen LogP contribution is -1.83. The van der Waals surface area contributed by atoms with Crippen LogP contribution in [0.15, 0.2) is 66.7 Å². The zero-order valence-corrected chi connectivity index (χ0v) is 13.5. The first-order valence-electron chi connectivity index (χ1n) is 8.00. The topological polar surface area (TPSA) is 28.7 Å². The first-order chi connectivity index (χ1) is 11.9. The van der Waals surface area contributed by atoms with Gasteiger partial charge < -0.3 is 4.98 Å². The van der Waals surface area contributed by atoms with Crippen LogP contribution < -0.4 is 0 Å². The zero-order chi connectivity index (χ0) is 15.7. The van der Waals surface area contributed by atoms with Gasteiger partial charge in [0.2, 0.25) is 0 Å². The normalized spacial score (nSPS) is 12.2. The second-order valence-corrected chi connectivity index (χ2v) is 7.25. The number of rotatable bonds is 0. The second kappa shape index (κ2) is 4.34. The minimum atomic E-state index is 1.03. The highest BCUT2D eigenvalue weighted by molar-refractivity contribution is 7.26. The summed E-state index contributed by atoms with van der Waals surface area (Å²) in [5.74, 6) is 0. The summed E-state index contributed by atoms with van der Waals surface area (Å²) in [7, 11) is 0. The Bertz CT molecular complexity index is 1410. The molecule has 6 rings (SSSR count). The average molecular weight is 324 g/mol. The molecule has 0 aliphatic rings. The van der Waals surface area contributed by atoms with Gasteiger partial charge in [-0.2, -0.15) is 0 Å². The number of benzene rings is 3. The number of thiophene rings is 1. The molecule has 2 nitrogen and oxygen atoms in total. The van der Waals surface area contributed by atoms with Crippen molar-refractivity contribution in [2.75, 3.05) is 0 Å². The fourth-order valence-electron chi connectivity index (χ4n) is 3.73. The van der Waals surface area contributed by atoms with Crippen LogP contribution >= 0.6 is 11.3 Å². The van der Waals surface area contributed by atoms with Crippen molar-refractivity contribution in [2.24, 2.45) is 0 Å². The highest BCUT2D eigenvalue weighted by atomic mass is 32.1. The molecule has 24 heavy (non-hydrogen) atoms. The number of aromatic amines is 1. The molecule has 3 aromatic heterocycles. The Balaban J connectivity index is 2.04. The maximum atomic E-state index is 4.99. The molecule has 0 fully saturated rings. The minimum absolute atomic E-state index is 1.03. The van der Waals surface area contributed by atoms with Crippen molar-refractivity contribution in [2.45, 2.75) is 0 Å². The molecule has 0 radical (unpaired) electrons. The van der Waals surface area contributed by atoms with E-state index in [1.165, 1.54) is 31.1 Å². The summed E-state index contributed by atoms with van der Waals surface area (Å²) in [5.41, 5.74) is 4.32. The van der Waals surface area contributed by atoms with Gasteiger partial charge in [-0.05, 0) is 30.3 Å². The standard InChI is InChI=1S/C21H12N2S/c1-2-7-14-12(5-1)11-16-21(23-14)13-6-3-9-17-19(13)20-15(22-16)8-4-10-18(20)24-17/h1-11,22H. The van der Waals surface area contributed by atoms with Crippen molar-refractivity contribution in [1.82, 2.24) is 9.97 Å². The van der Waals surface area contributed by atoms with Gasteiger partial charge in [-0.3, -0.25) is 0 Å². The molecule has 0 aliphatic carbocycles. The van der Waals surface area contributed by atoms with E-state index < -0.39 is 0 Å². The maximum Gasteiger partial charge on any atom is 0.0951 e. The molecule has 0 amide bonds. The average Bonchev–Trinajstić information content (AvgIpc) is 2.94. The van der Waals surface area contributed by atoms with Crippen molar-refractivity contribution in [1.29, 1.82) is 0 Å². The Labute approximate surface area is 141 Å². The Morgan fingerprint density at radius 1 is 0.750 bits per heavy atom. The van der Waals surface area contributed by atoms with E-state index in [9.17, 15) is 0 Å². The quantitative estimate of drug-likeness (QED) is 0.352. The fraction of sp³-hybridized carbons (Fsp3) is 0. The van der Waals surface area contributed by atoms with E-state index >= 15 is 0 Å². The van der Waals surface area contributed by atoms with E-state index in [2.05, 4.69) is 65.6 Å². The van der Waals surface area contributed by atoms with Gasteiger partial charge in [0.05, 0.1) is 16.6 Å². The number of H-pyrrole nitrogens is 1. The van der Waals surface area contributed by atoms with Crippen molar-refractivity contribution in [3.63, 3.8) is 0 Å². The molecule has 3 heterocycles. The van der Waals surface area contributed by atoms with Crippen molar-refractivity contribution < 1.29 is 0 Å². The summed E-state index contributed by atoms with van der Waals surface area (Å²) >= 11 is 1.85. The summed E-state index contributed by atoms with van der Waals surface area (Å²) in [4.78, 5) is 8.63. The van der Waals surface area contributed by atoms with E-state index in [0.717, 1.165) is 21.9 Å². The summed E-state index contributed by atoms with van der Waals surface area (Å²) in [5, 5.41) is 5.02. The summed E-state index contributed by atoms with van der Waals surface area (Å²) in [6.07, 6.45) is 0. The summed E-state index contributed by atoms with van der Waals surface area (Å²) < 4.78 is 2.64. The Morgan fingerprint density at radius 2 is 1.58 bits per heavy atom. The van der Waals surface area contributed by atoms with Gasteiger partial charge in [0, 0.05) is 36.5 Å². The summed E-state index contributed by atoms with van der Waals surface area (Å²) in [6.45, 7) is 0. The third-order valence-corrected chi connectivity index (χ3v) is 5.89. The van der Waals surface area contributed by atoms with Crippen molar-refractivity contribution in [3.8, 4) is 0 Å². The number of aromatic nitrogens is 2. The lowest BCUT2D eigenvalue weighted by atomic mass is 10.1. The number of hydrogen-bond donors (Lipinski definition) is 1. The molecule has 0 unspecified atom stereocenters. The third kappa shape index (κ3) is 1.52. The maximum absolute atomic E-state index is 4.99. The number of fused-ring (bicyclic) bond motifs is 3. The lowest BCUT2D eigenvalue weighted by molar-refractivity contribution is 1.46. The molecule has 112 valence electrons. The van der Waals surface area contributed by atoms with E-state index in [4.69, 9.17) is 4.98 Å². The molecule has 1 N–H and O–H groups in total. The first-order valence-corrected chi connectivity index (χ1v) is 8.81. The van der Waals surface area contributed by atoms with Gasteiger partial charge in [0.25, 0.3) is 0 Å². The summed E-state index contributed by atoms with van der Waals surface area (Å²) in [6, 6.07) is 23.5. The van der Waals surface area contributed by atoms with Crippen LogP contribution in [0.5, 0.6) is 0 Å². The molecule has 0 atom stereocenters. The molecule has 0 saturated heterocycles. The number of hydrogen-bond acceptors (Lipinski definition) is 2. The monoisotopic (exact) mass is 324 g/mol. The van der Waals surface area contributed by atoms with Gasteiger partial charge >= 0.3 is 0 Å². The number of para-hydroxylation sites is 1. The Morgan fingerprint density at radius 3 is 2.54 bits per heavy atom. The molecule has 3 heteroatoms. The van der Waals surface area contributed by atoms with E-state index in [1.54, 1.807) is 0 Å². The number of pyridine rings is 1. The number of nitrogens with zero attached hydrogens (tertiary/aromatic N) is 1. The highest BCUT2D eigenvalue weighted by Crippen LogP contribution is 2.40. The predicted molar refractivity (Wildman–Crippen MR) is 104 cm³/mol. The SMILES string of the molecule is c1ccc2nc3c(cc2c1)[nH]c1cccc2sc4cccc3c4c12. The molecule has 0 bridgehead atoms.